The van der Waals surface area contributed by atoms with Gasteiger partial charge in [-0.15, -0.1) is 0 Å². The van der Waals surface area contributed by atoms with E-state index in [4.69, 9.17) is 14.2 Å². The van der Waals surface area contributed by atoms with Crippen LogP contribution in [0.3, 0.4) is 0 Å². The molecule has 70 heavy (non-hydrogen) atoms. The minimum Gasteiger partial charge on any atom is -0.462 e. The van der Waals surface area contributed by atoms with E-state index in [0.29, 0.717) is 19.3 Å². The molecule has 0 fully saturated rings. The fourth-order valence-electron chi connectivity index (χ4n) is 8.19. The van der Waals surface area contributed by atoms with Gasteiger partial charge < -0.3 is 14.2 Å². The van der Waals surface area contributed by atoms with E-state index in [-0.39, 0.29) is 31.1 Å². The van der Waals surface area contributed by atoms with Crippen LogP contribution in [0.15, 0.2) is 85.1 Å². The number of rotatable bonds is 53. The van der Waals surface area contributed by atoms with Crippen molar-refractivity contribution in [3.63, 3.8) is 0 Å². The topological polar surface area (TPSA) is 78.9 Å². The second-order valence-corrected chi connectivity index (χ2v) is 19.5. The van der Waals surface area contributed by atoms with Gasteiger partial charge in [-0.1, -0.05) is 260 Å². The minimum absolute atomic E-state index is 0.0928. The molecular formula is C64H110O6. The number of esters is 3. The summed E-state index contributed by atoms with van der Waals surface area (Å²) in [5.74, 6) is -0.929. The van der Waals surface area contributed by atoms with Crippen LogP contribution in [-0.2, 0) is 28.6 Å². The van der Waals surface area contributed by atoms with Crippen LogP contribution in [0.2, 0.25) is 0 Å². The molecule has 0 saturated heterocycles. The summed E-state index contributed by atoms with van der Waals surface area (Å²) in [5.41, 5.74) is 0. The quantitative estimate of drug-likeness (QED) is 0.0261. The van der Waals surface area contributed by atoms with Gasteiger partial charge in [0, 0.05) is 19.3 Å². The maximum Gasteiger partial charge on any atom is 0.306 e. The zero-order valence-corrected chi connectivity index (χ0v) is 46.0. The molecule has 0 rings (SSSR count). The molecule has 0 aromatic rings. The lowest BCUT2D eigenvalue weighted by Crippen LogP contribution is -2.30. The number of hydrogen-bond donors (Lipinski definition) is 0. The SMILES string of the molecule is CC/C=C/C/C=C/C/C=C/C/C=C/C/C=C/CCCCCC(=O)OC[C@@H](COC(=O)CCCCCCC/C=C/C/C=C/CCCC)OC(=O)CCCCCCCCCCCCCCCCCCCCC. The molecule has 0 aliphatic rings. The maximum atomic E-state index is 12.9. The molecule has 0 aromatic heterocycles. The lowest BCUT2D eigenvalue weighted by atomic mass is 10.0. The Bertz CT molecular complexity index is 1350. The van der Waals surface area contributed by atoms with Crippen LogP contribution in [0, 0.1) is 0 Å². The van der Waals surface area contributed by atoms with Crippen LogP contribution in [0.1, 0.15) is 284 Å². The number of allylic oxidation sites excluding steroid dienone is 14. The third-order valence-electron chi connectivity index (χ3n) is 12.6. The lowest BCUT2D eigenvalue weighted by molar-refractivity contribution is -0.167. The molecule has 0 bridgehead atoms. The van der Waals surface area contributed by atoms with Crippen molar-refractivity contribution in [3.8, 4) is 0 Å². The first-order valence-electron chi connectivity index (χ1n) is 29.6. The fraction of sp³-hybridized carbons (Fsp3) is 0.734. The Balaban J connectivity index is 4.43. The van der Waals surface area contributed by atoms with Gasteiger partial charge in [0.05, 0.1) is 0 Å². The second kappa shape index (κ2) is 58.2. The van der Waals surface area contributed by atoms with E-state index >= 15 is 0 Å². The van der Waals surface area contributed by atoms with Gasteiger partial charge in [-0.2, -0.15) is 0 Å². The highest BCUT2D eigenvalue weighted by molar-refractivity contribution is 5.71. The monoisotopic (exact) mass is 975 g/mol. The summed E-state index contributed by atoms with van der Waals surface area (Å²) < 4.78 is 16.9. The Morgan fingerprint density at radius 2 is 0.571 bits per heavy atom. The molecule has 0 aliphatic carbocycles. The Morgan fingerprint density at radius 3 is 0.929 bits per heavy atom. The molecule has 402 valence electrons. The molecule has 0 amide bonds. The van der Waals surface area contributed by atoms with E-state index < -0.39 is 6.10 Å². The molecule has 0 heterocycles. The van der Waals surface area contributed by atoms with Gasteiger partial charge in [0.1, 0.15) is 13.2 Å². The summed E-state index contributed by atoms with van der Waals surface area (Å²) in [7, 11) is 0. The average molecular weight is 976 g/mol. The molecule has 6 nitrogen and oxygen atoms in total. The van der Waals surface area contributed by atoms with Crippen molar-refractivity contribution in [2.75, 3.05) is 13.2 Å². The average Bonchev–Trinajstić information content (AvgIpc) is 3.36. The molecule has 0 radical (unpaired) electrons. The van der Waals surface area contributed by atoms with Crippen molar-refractivity contribution in [2.24, 2.45) is 0 Å². The van der Waals surface area contributed by atoms with Crippen molar-refractivity contribution in [1.29, 1.82) is 0 Å². The van der Waals surface area contributed by atoms with E-state index in [2.05, 4.69) is 106 Å². The standard InChI is InChI=1S/C64H110O6/c1-4-7-10-13-16-19-22-25-28-30-32-34-36-39-42-45-48-51-54-57-63(66)69-60-61(59-68-62(65)56-53-50-47-44-41-38-27-24-21-18-15-12-9-6-3)70-64(67)58-55-52-49-46-43-40-37-35-33-31-29-26-23-20-17-14-11-8-5-2/h7,10,15-16,18-19,24-25,27-28,32,34,39,42,61H,4-6,8-9,11-14,17,20-23,26,29-31,33,35-38,40-41,43-60H2,1-3H3/b10-7+,18-15+,19-16+,27-24+,28-25+,34-32+,42-39+/t61-/m1/s1. The molecule has 0 unspecified atom stereocenters. The van der Waals surface area contributed by atoms with Crippen LogP contribution >= 0.6 is 0 Å². The molecule has 0 N–H and O–H groups in total. The predicted octanol–water partition coefficient (Wildman–Crippen LogP) is 19.9. The second-order valence-electron chi connectivity index (χ2n) is 19.5. The highest BCUT2D eigenvalue weighted by atomic mass is 16.6. The smallest absolute Gasteiger partial charge is 0.306 e. The van der Waals surface area contributed by atoms with Crippen LogP contribution in [0.4, 0.5) is 0 Å². The van der Waals surface area contributed by atoms with Gasteiger partial charge in [0.2, 0.25) is 0 Å². The molecule has 1 atom stereocenters. The first-order chi connectivity index (χ1) is 34.5. The van der Waals surface area contributed by atoms with Crippen molar-refractivity contribution in [1.82, 2.24) is 0 Å². The maximum absolute atomic E-state index is 12.9. The molecule has 0 saturated carbocycles. The molecule has 6 heteroatoms. The molecule has 0 aromatic carbocycles. The van der Waals surface area contributed by atoms with Crippen molar-refractivity contribution >= 4 is 17.9 Å². The van der Waals surface area contributed by atoms with Crippen LogP contribution in [0.5, 0.6) is 0 Å². The van der Waals surface area contributed by atoms with Crippen LogP contribution in [0.25, 0.3) is 0 Å². The van der Waals surface area contributed by atoms with Gasteiger partial charge in [-0.05, 0) is 89.9 Å². The zero-order chi connectivity index (χ0) is 50.7. The summed E-state index contributed by atoms with van der Waals surface area (Å²) >= 11 is 0. The fourth-order valence-corrected chi connectivity index (χ4v) is 8.19. The number of hydrogen-bond acceptors (Lipinski definition) is 6. The number of carbonyl (C=O) groups is 3. The van der Waals surface area contributed by atoms with Gasteiger partial charge >= 0.3 is 17.9 Å². The third kappa shape index (κ3) is 55.5. The number of ether oxygens (including phenoxy) is 3. The van der Waals surface area contributed by atoms with E-state index in [9.17, 15) is 14.4 Å². The summed E-state index contributed by atoms with van der Waals surface area (Å²) in [6, 6.07) is 0. The van der Waals surface area contributed by atoms with Crippen molar-refractivity contribution in [2.45, 2.75) is 290 Å². The van der Waals surface area contributed by atoms with Gasteiger partial charge in [0.15, 0.2) is 6.10 Å². The van der Waals surface area contributed by atoms with E-state index in [1.807, 2.05) is 0 Å². The normalized spacial score (nSPS) is 12.7. The Labute approximate surface area is 433 Å². The largest absolute Gasteiger partial charge is 0.462 e. The first kappa shape index (κ1) is 66.6. The number of unbranched alkanes of at least 4 members (excludes halogenated alkanes) is 28. The lowest BCUT2D eigenvalue weighted by Gasteiger charge is -2.18. The molecule has 0 aliphatic heterocycles. The predicted molar refractivity (Wildman–Crippen MR) is 302 cm³/mol. The van der Waals surface area contributed by atoms with Crippen LogP contribution in [-0.4, -0.2) is 37.2 Å². The first-order valence-corrected chi connectivity index (χ1v) is 29.6. The summed E-state index contributed by atoms with van der Waals surface area (Å²) in [6.07, 6.45) is 75.7. The van der Waals surface area contributed by atoms with Crippen molar-refractivity contribution in [3.05, 3.63) is 85.1 Å². The zero-order valence-electron chi connectivity index (χ0n) is 46.0. The Hall–Kier alpha value is -3.41. The van der Waals surface area contributed by atoms with E-state index in [0.717, 1.165) is 122 Å². The highest BCUT2D eigenvalue weighted by Gasteiger charge is 2.19. The Kier molecular flexibility index (Phi) is 55.3. The molecular weight excluding hydrogens is 865 g/mol. The summed E-state index contributed by atoms with van der Waals surface area (Å²) in [6.45, 7) is 6.47. The third-order valence-corrected chi connectivity index (χ3v) is 12.6. The van der Waals surface area contributed by atoms with Gasteiger partial charge in [-0.25, -0.2) is 0 Å². The van der Waals surface area contributed by atoms with E-state index in [1.54, 1.807) is 0 Å². The van der Waals surface area contributed by atoms with Gasteiger partial charge in [0.25, 0.3) is 0 Å². The van der Waals surface area contributed by atoms with Gasteiger partial charge in [-0.3, -0.25) is 14.4 Å². The van der Waals surface area contributed by atoms with E-state index in [1.165, 1.54) is 122 Å². The number of carbonyl (C=O) groups excluding carboxylic acids is 3. The summed E-state index contributed by atoms with van der Waals surface area (Å²) in [5, 5.41) is 0. The van der Waals surface area contributed by atoms with Crippen molar-refractivity contribution < 1.29 is 28.6 Å². The highest BCUT2D eigenvalue weighted by Crippen LogP contribution is 2.16. The van der Waals surface area contributed by atoms with Crippen LogP contribution < -0.4 is 0 Å². The Morgan fingerprint density at radius 1 is 0.300 bits per heavy atom. The molecule has 0 spiro atoms. The summed E-state index contributed by atoms with van der Waals surface area (Å²) in [4.78, 5) is 38.2. The minimum atomic E-state index is -0.795.